The van der Waals surface area contributed by atoms with Crippen LogP contribution in [0.5, 0.6) is 5.75 Å². The molecular weight excluding hydrogens is 268 g/mol. The summed E-state index contributed by atoms with van der Waals surface area (Å²) in [6.45, 7) is 7.61. The van der Waals surface area contributed by atoms with E-state index in [2.05, 4.69) is 20.5 Å². The van der Waals surface area contributed by atoms with E-state index >= 15 is 0 Å². The summed E-state index contributed by atoms with van der Waals surface area (Å²) in [6.07, 6.45) is 0.112. The summed E-state index contributed by atoms with van der Waals surface area (Å²) in [5.41, 5.74) is 0.966. The molecule has 0 saturated heterocycles. The first-order valence-corrected chi connectivity index (χ1v) is 6.92. The Kier molecular flexibility index (Phi) is 4.57. The molecule has 0 aliphatic heterocycles. The van der Waals surface area contributed by atoms with E-state index in [1.54, 1.807) is 6.92 Å². The van der Waals surface area contributed by atoms with Gasteiger partial charge in [-0.3, -0.25) is 9.89 Å². The highest BCUT2D eigenvalue weighted by molar-refractivity contribution is 5.90. The molecule has 21 heavy (non-hydrogen) atoms. The fraction of sp³-hybridized carbons (Fsp3) is 0.400. The summed E-state index contributed by atoms with van der Waals surface area (Å²) in [4.78, 5) is 16.0. The van der Waals surface area contributed by atoms with Gasteiger partial charge in [0.1, 0.15) is 11.6 Å². The number of hydrogen-bond acceptors (Lipinski definition) is 4. The van der Waals surface area contributed by atoms with Crippen LogP contribution in [0.15, 0.2) is 24.3 Å². The number of carbonyl (C=O) groups excluding carboxylic acids is 1. The summed E-state index contributed by atoms with van der Waals surface area (Å²) < 4.78 is 5.66. The van der Waals surface area contributed by atoms with E-state index in [0.717, 1.165) is 11.3 Å². The van der Waals surface area contributed by atoms with Crippen LogP contribution >= 0.6 is 0 Å². The first-order chi connectivity index (χ1) is 9.95. The normalized spacial score (nSPS) is 12.2. The number of H-pyrrole nitrogens is 1. The second kappa shape index (κ2) is 6.39. The molecule has 0 spiro atoms. The average Bonchev–Trinajstić information content (AvgIpc) is 2.85. The van der Waals surface area contributed by atoms with Crippen LogP contribution in [0.25, 0.3) is 0 Å². The minimum Gasteiger partial charge on any atom is -0.491 e. The molecule has 1 amide bonds. The maximum Gasteiger partial charge on any atom is 0.291 e. The Morgan fingerprint density at radius 3 is 2.71 bits per heavy atom. The Bertz CT molecular complexity index is 622. The minimum atomic E-state index is -0.304. The Labute approximate surface area is 123 Å². The van der Waals surface area contributed by atoms with Crippen LogP contribution in [-0.2, 0) is 0 Å². The molecular formula is C15H20N4O2. The molecule has 0 saturated carbocycles. The molecule has 6 heteroatoms. The van der Waals surface area contributed by atoms with Crippen LogP contribution in [0.2, 0.25) is 0 Å². The van der Waals surface area contributed by atoms with Gasteiger partial charge in [0.15, 0.2) is 0 Å². The molecule has 1 unspecified atom stereocenters. The standard InChI is InChI=1S/C15H20N4O2/c1-9(2)21-13-7-5-6-12(8-13)10(3)16-15(20)14-17-11(4)18-19-14/h5-10H,1-4H3,(H,16,20)(H,17,18,19). The van der Waals surface area contributed by atoms with Gasteiger partial charge in [-0.25, -0.2) is 4.98 Å². The number of hydrogen-bond donors (Lipinski definition) is 2. The highest BCUT2D eigenvalue weighted by Gasteiger charge is 2.15. The zero-order chi connectivity index (χ0) is 15.4. The largest absolute Gasteiger partial charge is 0.491 e. The van der Waals surface area contributed by atoms with E-state index in [1.165, 1.54) is 0 Å². The van der Waals surface area contributed by atoms with Crippen LogP contribution in [0.4, 0.5) is 0 Å². The predicted molar refractivity (Wildman–Crippen MR) is 79.2 cm³/mol. The molecule has 112 valence electrons. The summed E-state index contributed by atoms with van der Waals surface area (Å²) in [6, 6.07) is 7.52. The molecule has 0 fully saturated rings. The molecule has 1 atom stereocenters. The Hall–Kier alpha value is -2.37. The van der Waals surface area contributed by atoms with Crippen LogP contribution in [-0.4, -0.2) is 27.2 Å². The Morgan fingerprint density at radius 1 is 1.33 bits per heavy atom. The topological polar surface area (TPSA) is 79.9 Å². The number of aryl methyl sites for hydroxylation is 1. The molecule has 2 N–H and O–H groups in total. The second-order valence-electron chi connectivity index (χ2n) is 5.18. The van der Waals surface area contributed by atoms with Crippen molar-refractivity contribution in [3.8, 4) is 5.75 Å². The summed E-state index contributed by atoms with van der Waals surface area (Å²) in [7, 11) is 0. The number of rotatable bonds is 5. The predicted octanol–water partition coefficient (Wildman–Crippen LogP) is 2.39. The molecule has 1 heterocycles. The van der Waals surface area contributed by atoms with Gasteiger partial charge in [-0.05, 0) is 45.4 Å². The van der Waals surface area contributed by atoms with Crippen LogP contribution in [0.3, 0.4) is 0 Å². The number of aromatic amines is 1. The zero-order valence-electron chi connectivity index (χ0n) is 12.7. The van der Waals surface area contributed by atoms with Gasteiger partial charge >= 0.3 is 0 Å². The van der Waals surface area contributed by atoms with Crippen molar-refractivity contribution in [3.05, 3.63) is 41.5 Å². The van der Waals surface area contributed by atoms with E-state index in [0.29, 0.717) is 5.82 Å². The number of amides is 1. The maximum absolute atomic E-state index is 12.0. The van der Waals surface area contributed by atoms with Crippen molar-refractivity contribution in [3.63, 3.8) is 0 Å². The number of nitrogens with zero attached hydrogens (tertiary/aromatic N) is 2. The van der Waals surface area contributed by atoms with Gasteiger partial charge < -0.3 is 10.1 Å². The van der Waals surface area contributed by atoms with Gasteiger partial charge in [0.2, 0.25) is 5.82 Å². The Morgan fingerprint density at radius 2 is 2.10 bits per heavy atom. The fourth-order valence-corrected chi connectivity index (χ4v) is 1.92. The van der Waals surface area contributed by atoms with Crippen molar-refractivity contribution < 1.29 is 9.53 Å². The monoisotopic (exact) mass is 288 g/mol. The van der Waals surface area contributed by atoms with Gasteiger partial charge in [0.25, 0.3) is 5.91 Å². The van der Waals surface area contributed by atoms with Crippen LogP contribution < -0.4 is 10.1 Å². The molecule has 2 aromatic rings. The lowest BCUT2D eigenvalue weighted by Crippen LogP contribution is -2.27. The first kappa shape index (κ1) is 15.0. The molecule has 0 bridgehead atoms. The SMILES string of the molecule is Cc1nc(C(=O)NC(C)c2cccc(OC(C)C)c2)n[nH]1. The molecule has 0 radical (unpaired) electrons. The molecule has 1 aromatic heterocycles. The highest BCUT2D eigenvalue weighted by Crippen LogP contribution is 2.20. The van der Waals surface area contributed by atoms with Gasteiger partial charge in [0, 0.05) is 0 Å². The second-order valence-corrected chi connectivity index (χ2v) is 5.18. The molecule has 0 aliphatic carbocycles. The minimum absolute atomic E-state index is 0.112. The summed E-state index contributed by atoms with van der Waals surface area (Å²) >= 11 is 0. The van der Waals surface area contributed by atoms with Gasteiger partial charge in [-0.2, -0.15) is 0 Å². The first-order valence-electron chi connectivity index (χ1n) is 6.92. The van der Waals surface area contributed by atoms with Gasteiger partial charge in [-0.15, -0.1) is 5.10 Å². The quantitative estimate of drug-likeness (QED) is 0.885. The van der Waals surface area contributed by atoms with Gasteiger partial charge in [-0.1, -0.05) is 12.1 Å². The highest BCUT2D eigenvalue weighted by atomic mass is 16.5. The molecule has 0 aliphatic rings. The maximum atomic E-state index is 12.0. The number of aromatic nitrogens is 3. The molecule has 1 aromatic carbocycles. The van der Waals surface area contributed by atoms with E-state index in [9.17, 15) is 4.79 Å². The summed E-state index contributed by atoms with van der Waals surface area (Å²) in [5, 5.41) is 9.36. The lowest BCUT2D eigenvalue weighted by atomic mass is 10.1. The molecule has 2 rings (SSSR count). The summed E-state index contributed by atoms with van der Waals surface area (Å²) in [5.74, 6) is 1.24. The van der Waals surface area contributed by atoms with Crippen molar-refractivity contribution in [1.82, 2.24) is 20.5 Å². The number of nitrogens with one attached hydrogen (secondary N) is 2. The van der Waals surface area contributed by atoms with E-state index in [4.69, 9.17) is 4.74 Å². The van der Waals surface area contributed by atoms with Crippen molar-refractivity contribution >= 4 is 5.91 Å². The van der Waals surface area contributed by atoms with Crippen LogP contribution in [0, 0.1) is 6.92 Å². The van der Waals surface area contributed by atoms with Crippen molar-refractivity contribution in [1.29, 1.82) is 0 Å². The smallest absolute Gasteiger partial charge is 0.291 e. The number of benzene rings is 1. The molecule has 6 nitrogen and oxygen atoms in total. The fourth-order valence-electron chi connectivity index (χ4n) is 1.92. The van der Waals surface area contributed by atoms with E-state index in [-0.39, 0.29) is 23.9 Å². The zero-order valence-corrected chi connectivity index (χ0v) is 12.7. The number of ether oxygens (including phenoxy) is 1. The van der Waals surface area contributed by atoms with E-state index in [1.807, 2.05) is 45.0 Å². The van der Waals surface area contributed by atoms with Crippen molar-refractivity contribution in [2.45, 2.75) is 39.8 Å². The van der Waals surface area contributed by atoms with Crippen molar-refractivity contribution in [2.24, 2.45) is 0 Å². The van der Waals surface area contributed by atoms with Gasteiger partial charge in [0.05, 0.1) is 12.1 Å². The lowest BCUT2D eigenvalue weighted by Gasteiger charge is -2.15. The van der Waals surface area contributed by atoms with Crippen LogP contribution in [0.1, 0.15) is 48.8 Å². The average molecular weight is 288 g/mol. The van der Waals surface area contributed by atoms with Crippen molar-refractivity contribution in [2.75, 3.05) is 0 Å². The van der Waals surface area contributed by atoms with E-state index < -0.39 is 0 Å². The lowest BCUT2D eigenvalue weighted by molar-refractivity contribution is 0.0929. The number of carbonyl (C=O) groups is 1. The third-order valence-corrected chi connectivity index (χ3v) is 2.88. The Balaban J connectivity index is 2.06. The third-order valence-electron chi connectivity index (χ3n) is 2.88. The third kappa shape index (κ3) is 4.05.